The third kappa shape index (κ3) is 6.62. The first-order valence-corrected chi connectivity index (χ1v) is 9.70. The second-order valence-electron chi connectivity index (χ2n) is 7.52. The van der Waals surface area contributed by atoms with Crippen LogP contribution in [0.15, 0.2) is 4.52 Å². The van der Waals surface area contributed by atoms with E-state index in [1.54, 1.807) is 0 Å². The van der Waals surface area contributed by atoms with Crippen LogP contribution in [-0.4, -0.2) is 16.7 Å². The Hall–Kier alpha value is -0.900. The summed E-state index contributed by atoms with van der Waals surface area (Å²) in [6, 6.07) is 0. The molecule has 1 aromatic rings. The van der Waals surface area contributed by atoms with Crippen LogP contribution in [0.4, 0.5) is 0 Å². The Bertz CT molecular complexity index is 442. The Morgan fingerprint density at radius 2 is 1.74 bits per heavy atom. The lowest BCUT2D eigenvalue weighted by atomic mass is 9.93. The van der Waals surface area contributed by atoms with Crippen molar-refractivity contribution in [2.75, 3.05) is 6.54 Å². The molecule has 1 heterocycles. The highest BCUT2D eigenvalue weighted by atomic mass is 16.5. The second kappa shape index (κ2) is 9.41. The maximum absolute atomic E-state index is 5.20. The molecule has 1 atom stereocenters. The van der Waals surface area contributed by atoms with Crippen LogP contribution in [0.5, 0.6) is 0 Å². The molecule has 0 aliphatic heterocycles. The van der Waals surface area contributed by atoms with E-state index < -0.39 is 0 Å². The topological polar surface area (TPSA) is 51.0 Å². The quantitative estimate of drug-likeness (QED) is 0.512. The van der Waals surface area contributed by atoms with Crippen LogP contribution in [0.1, 0.15) is 96.2 Å². The van der Waals surface area contributed by atoms with Gasteiger partial charge in [-0.3, -0.25) is 0 Å². The Balaban J connectivity index is 1.66. The summed E-state index contributed by atoms with van der Waals surface area (Å²) in [6.07, 6.45) is 14.7. The van der Waals surface area contributed by atoms with Gasteiger partial charge in [0, 0.05) is 6.92 Å². The van der Waals surface area contributed by atoms with E-state index in [0.29, 0.717) is 5.89 Å². The van der Waals surface area contributed by atoms with E-state index >= 15 is 0 Å². The molecule has 132 valence electrons. The van der Waals surface area contributed by atoms with Gasteiger partial charge in [0.25, 0.3) is 0 Å². The minimum atomic E-state index is -0.125. The van der Waals surface area contributed by atoms with E-state index in [9.17, 15) is 0 Å². The number of rotatable bonds is 13. The first kappa shape index (κ1) is 18.4. The third-order valence-corrected chi connectivity index (χ3v) is 4.96. The van der Waals surface area contributed by atoms with Crippen molar-refractivity contribution in [2.45, 2.75) is 96.9 Å². The summed E-state index contributed by atoms with van der Waals surface area (Å²) in [7, 11) is 0. The van der Waals surface area contributed by atoms with Gasteiger partial charge in [-0.1, -0.05) is 69.9 Å². The third-order valence-electron chi connectivity index (χ3n) is 4.96. The van der Waals surface area contributed by atoms with E-state index in [4.69, 9.17) is 4.52 Å². The minimum Gasteiger partial charge on any atom is -0.340 e. The number of unbranched alkanes of at least 4 members (excludes halogenated alkanes) is 7. The summed E-state index contributed by atoms with van der Waals surface area (Å²) in [4.78, 5) is 4.48. The molecule has 1 aromatic heterocycles. The molecule has 4 nitrogen and oxygen atoms in total. The van der Waals surface area contributed by atoms with Gasteiger partial charge in [-0.2, -0.15) is 4.98 Å². The van der Waals surface area contributed by atoms with Gasteiger partial charge in [0.05, 0.1) is 5.54 Å². The fraction of sp³-hybridized carbons (Fsp3) is 0.895. The molecule has 0 aromatic carbocycles. The zero-order chi connectivity index (χ0) is 16.5. The van der Waals surface area contributed by atoms with E-state index in [2.05, 4.69) is 29.3 Å². The molecule has 1 saturated carbocycles. The van der Waals surface area contributed by atoms with Crippen molar-refractivity contribution in [3.05, 3.63) is 11.7 Å². The van der Waals surface area contributed by atoms with Gasteiger partial charge in [-0.15, -0.1) is 0 Å². The van der Waals surface area contributed by atoms with Crippen molar-refractivity contribution in [3.63, 3.8) is 0 Å². The molecule has 0 bridgehead atoms. The molecule has 0 amide bonds. The number of hydrogen-bond acceptors (Lipinski definition) is 4. The fourth-order valence-corrected chi connectivity index (χ4v) is 3.29. The van der Waals surface area contributed by atoms with E-state index in [1.165, 1.54) is 64.2 Å². The minimum absolute atomic E-state index is 0.125. The van der Waals surface area contributed by atoms with Gasteiger partial charge in [-0.25, -0.2) is 0 Å². The van der Waals surface area contributed by atoms with Gasteiger partial charge in [0.15, 0.2) is 5.82 Å². The van der Waals surface area contributed by atoms with E-state index in [-0.39, 0.29) is 5.54 Å². The first-order valence-electron chi connectivity index (χ1n) is 9.70. The average Bonchev–Trinajstić information content (AvgIpc) is 3.22. The highest BCUT2D eigenvalue weighted by molar-refractivity contribution is 5.05. The smallest absolute Gasteiger partial charge is 0.223 e. The lowest BCUT2D eigenvalue weighted by Crippen LogP contribution is -2.41. The molecule has 2 rings (SSSR count). The summed E-state index contributed by atoms with van der Waals surface area (Å²) in [5, 5.41) is 7.90. The Kier molecular flexibility index (Phi) is 7.54. The molecule has 0 radical (unpaired) electrons. The van der Waals surface area contributed by atoms with E-state index in [1.807, 2.05) is 6.92 Å². The normalized spacial score (nSPS) is 17.3. The summed E-state index contributed by atoms with van der Waals surface area (Å²) in [5.74, 6) is 2.34. The van der Waals surface area contributed by atoms with Crippen LogP contribution < -0.4 is 5.32 Å². The number of nitrogens with one attached hydrogen (secondary N) is 1. The number of aryl methyl sites for hydroxylation is 1. The molecule has 1 unspecified atom stereocenters. The van der Waals surface area contributed by atoms with Crippen LogP contribution in [0, 0.1) is 12.8 Å². The van der Waals surface area contributed by atoms with Gasteiger partial charge in [0.1, 0.15) is 0 Å². The average molecular weight is 322 g/mol. The predicted molar refractivity (Wildman–Crippen MR) is 94.3 cm³/mol. The molecular weight excluding hydrogens is 286 g/mol. The molecule has 1 aliphatic carbocycles. The van der Waals surface area contributed by atoms with Crippen LogP contribution in [0.3, 0.4) is 0 Å². The van der Waals surface area contributed by atoms with Crippen molar-refractivity contribution in [1.82, 2.24) is 15.5 Å². The molecule has 1 fully saturated rings. The van der Waals surface area contributed by atoms with Crippen LogP contribution in [-0.2, 0) is 5.54 Å². The summed E-state index contributed by atoms with van der Waals surface area (Å²) < 4.78 is 5.20. The molecule has 1 aliphatic rings. The maximum atomic E-state index is 5.20. The molecule has 23 heavy (non-hydrogen) atoms. The standard InChI is InChI=1S/C19H35N3O/c1-4-5-6-7-8-9-10-11-14-20-19(3,15-17-12-13-17)18-21-16(2)23-22-18/h17,20H,4-15H2,1-3H3. The zero-order valence-electron chi connectivity index (χ0n) is 15.4. The van der Waals surface area contributed by atoms with Gasteiger partial charge in [-0.05, 0) is 32.2 Å². The molecule has 4 heteroatoms. The zero-order valence-corrected chi connectivity index (χ0v) is 15.4. The van der Waals surface area contributed by atoms with Crippen LogP contribution in [0.2, 0.25) is 0 Å². The fourth-order valence-electron chi connectivity index (χ4n) is 3.29. The highest BCUT2D eigenvalue weighted by Gasteiger charge is 2.37. The lowest BCUT2D eigenvalue weighted by Gasteiger charge is -2.28. The summed E-state index contributed by atoms with van der Waals surface area (Å²) in [6.45, 7) is 7.42. The number of nitrogens with zero attached hydrogens (tertiary/aromatic N) is 2. The maximum Gasteiger partial charge on any atom is 0.223 e. The number of hydrogen-bond donors (Lipinski definition) is 1. The predicted octanol–water partition coefficient (Wildman–Crippen LogP) is 5.12. The molecule has 0 spiro atoms. The van der Waals surface area contributed by atoms with Gasteiger partial charge >= 0.3 is 0 Å². The SMILES string of the molecule is CCCCCCCCCCNC(C)(CC1CC1)c1noc(C)n1. The van der Waals surface area contributed by atoms with Crippen LogP contribution in [0.25, 0.3) is 0 Å². The Morgan fingerprint density at radius 3 is 2.30 bits per heavy atom. The Morgan fingerprint density at radius 1 is 1.09 bits per heavy atom. The van der Waals surface area contributed by atoms with Crippen molar-refractivity contribution < 1.29 is 4.52 Å². The summed E-state index contributed by atoms with van der Waals surface area (Å²) >= 11 is 0. The molecule has 1 N–H and O–H groups in total. The second-order valence-corrected chi connectivity index (χ2v) is 7.52. The summed E-state index contributed by atoms with van der Waals surface area (Å²) in [5.41, 5.74) is -0.125. The lowest BCUT2D eigenvalue weighted by molar-refractivity contribution is 0.285. The highest BCUT2D eigenvalue weighted by Crippen LogP contribution is 2.39. The van der Waals surface area contributed by atoms with Crippen molar-refractivity contribution in [1.29, 1.82) is 0 Å². The van der Waals surface area contributed by atoms with Gasteiger partial charge in [0.2, 0.25) is 5.89 Å². The van der Waals surface area contributed by atoms with E-state index in [0.717, 1.165) is 24.7 Å². The molecule has 0 saturated heterocycles. The van der Waals surface area contributed by atoms with Crippen LogP contribution >= 0.6 is 0 Å². The number of aromatic nitrogens is 2. The largest absolute Gasteiger partial charge is 0.340 e. The molecular formula is C19H35N3O. The van der Waals surface area contributed by atoms with Crippen molar-refractivity contribution in [3.8, 4) is 0 Å². The Labute approximate surface area is 141 Å². The van der Waals surface area contributed by atoms with Crippen molar-refractivity contribution in [2.24, 2.45) is 5.92 Å². The first-order chi connectivity index (χ1) is 11.1. The van der Waals surface area contributed by atoms with Crippen molar-refractivity contribution >= 4 is 0 Å². The van der Waals surface area contributed by atoms with Gasteiger partial charge < -0.3 is 9.84 Å². The monoisotopic (exact) mass is 321 g/mol.